The lowest BCUT2D eigenvalue weighted by Gasteiger charge is -2.33. The van der Waals surface area contributed by atoms with Crippen LogP contribution in [-0.4, -0.2) is 40.1 Å². The molecule has 1 fully saturated rings. The van der Waals surface area contributed by atoms with Gasteiger partial charge in [-0.3, -0.25) is 4.79 Å². The minimum Gasteiger partial charge on any atom is -0.370 e. The maximum Gasteiger partial charge on any atom is 0.222 e. The van der Waals surface area contributed by atoms with Crippen LogP contribution in [0.1, 0.15) is 24.5 Å². The second-order valence-electron chi connectivity index (χ2n) is 5.78. The summed E-state index contributed by atoms with van der Waals surface area (Å²) in [7, 11) is 0. The molecule has 1 aliphatic heterocycles. The first-order chi connectivity index (χ1) is 11.6. The monoisotopic (exact) mass is 367 g/mol. The van der Waals surface area contributed by atoms with Crippen molar-refractivity contribution in [1.29, 1.82) is 0 Å². The van der Waals surface area contributed by atoms with Crippen molar-refractivity contribution in [3.05, 3.63) is 52.5 Å². The molecule has 3 rings (SSSR count). The largest absolute Gasteiger partial charge is 0.370 e. The van der Waals surface area contributed by atoms with Crippen LogP contribution in [0.15, 0.2) is 36.9 Å². The maximum atomic E-state index is 12.4. The number of morpholine rings is 1. The van der Waals surface area contributed by atoms with E-state index in [-0.39, 0.29) is 12.0 Å². The van der Waals surface area contributed by atoms with Gasteiger partial charge in [0.25, 0.3) is 0 Å². The molecule has 0 aliphatic carbocycles. The van der Waals surface area contributed by atoms with Gasteiger partial charge in [-0.15, -0.1) is 0 Å². The molecule has 1 atom stereocenters. The molecule has 1 aromatic carbocycles. The lowest BCUT2D eigenvalue weighted by atomic mass is 10.1. The highest BCUT2D eigenvalue weighted by molar-refractivity contribution is 6.42. The van der Waals surface area contributed by atoms with Crippen molar-refractivity contribution < 1.29 is 9.53 Å². The number of aryl methyl sites for hydroxylation is 1. The van der Waals surface area contributed by atoms with Crippen LogP contribution in [0.2, 0.25) is 10.0 Å². The van der Waals surface area contributed by atoms with E-state index in [1.807, 2.05) is 27.8 Å². The number of ether oxygens (including phenoxy) is 1. The van der Waals surface area contributed by atoms with Crippen LogP contribution < -0.4 is 0 Å². The molecule has 0 unspecified atom stereocenters. The Morgan fingerprint density at radius 1 is 1.33 bits per heavy atom. The van der Waals surface area contributed by atoms with E-state index in [2.05, 4.69) is 4.98 Å². The van der Waals surface area contributed by atoms with Crippen LogP contribution in [0.5, 0.6) is 0 Å². The van der Waals surface area contributed by atoms with Gasteiger partial charge in [-0.25, -0.2) is 4.98 Å². The molecule has 0 spiro atoms. The maximum absolute atomic E-state index is 12.4. The Morgan fingerprint density at radius 3 is 2.96 bits per heavy atom. The Balaban J connectivity index is 1.54. The Bertz CT molecular complexity index is 691. The van der Waals surface area contributed by atoms with Crippen molar-refractivity contribution in [1.82, 2.24) is 14.5 Å². The molecule has 1 aromatic heterocycles. The third kappa shape index (κ3) is 4.29. The number of carbonyl (C=O) groups excluding carboxylic acids is 1. The highest BCUT2D eigenvalue weighted by Crippen LogP contribution is 2.29. The number of hydrogen-bond donors (Lipinski definition) is 0. The second kappa shape index (κ2) is 8.01. The summed E-state index contributed by atoms with van der Waals surface area (Å²) in [5, 5.41) is 1.02. The van der Waals surface area contributed by atoms with Crippen molar-refractivity contribution in [2.24, 2.45) is 0 Å². The van der Waals surface area contributed by atoms with Gasteiger partial charge in [-0.1, -0.05) is 29.3 Å². The molecule has 0 radical (unpaired) electrons. The zero-order valence-electron chi connectivity index (χ0n) is 13.2. The number of rotatable bonds is 5. The van der Waals surface area contributed by atoms with Gasteiger partial charge in [-0.05, 0) is 24.1 Å². The number of hydrogen-bond acceptors (Lipinski definition) is 3. The number of carbonyl (C=O) groups is 1. The second-order valence-corrected chi connectivity index (χ2v) is 6.59. The number of imidazole rings is 1. The molecule has 2 aromatic rings. The Labute approximate surface area is 151 Å². The number of aromatic nitrogens is 2. The summed E-state index contributed by atoms with van der Waals surface area (Å²) < 4.78 is 7.77. The molecule has 128 valence electrons. The summed E-state index contributed by atoms with van der Waals surface area (Å²) in [6, 6.07) is 5.46. The number of halogens is 2. The van der Waals surface area contributed by atoms with Crippen molar-refractivity contribution in [2.75, 3.05) is 19.7 Å². The van der Waals surface area contributed by atoms with Crippen molar-refractivity contribution in [2.45, 2.75) is 25.5 Å². The molecule has 1 amide bonds. The van der Waals surface area contributed by atoms with Crippen LogP contribution in [0.3, 0.4) is 0 Å². The molecular weight excluding hydrogens is 349 g/mol. The average Bonchev–Trinajstić information content (AvgIpc) is 3.11. The third-order valence-corrected chi connectivity index (χ3v) is 4.84. The fourth-order valence-electron chi connectivity index (χ4n) is 2.78. The number of amides is 1. The molecule has 0 N–H and O–H groups in total. The highest BCUT2D eigenvalue weighted by atomic mass is 35.5. The standard InChI is InChI=1S/C17H19Cl2N3O2/c18-14-4-3-13(10-15(14)19)16-11-22(8-9-24-16)17(23)2-1-6-21-7-5-20-12-21/h3-5,7,10,12,16H,1-2,6,8-9,11H2/t16-/m0/s1. The quantitative estimate of drug-likeness (QED) is 0.811. The first kappa shape index (κ1) is 17.3. The van der Waals surface area contributed by atoms with E-state index in [1.54, 1.807) is 18.6 Å². The van der Waals surface area contributed by atoms with Crippen LogP contribution >= 0.6 is 23.2 Å². The zero-order chi connectivity index (χ0) is 16.9. The lowest BCUT2D eigenvalue weighted by molar-refractivity contribution is -0.139. The fraction of sp³-hybridized carbons (Fsp3) is 0.412. The summed E-state index contributed by atoms with van der Waals surface area (Å²) in [5.41, 5.74) is 0.945. The lowest BCUT2D eigenvalue weighted by Crippen LogP contribution is -2.42. The molecule has 1 aliphatic rings. The van der Waals surface area contributed by atoms with Crippen molar-refractivity contribution in [3.8, 4) is 0 Å². The molecule has 0 bridgehead atoms. The van der Waals surface area contributed by atoms with Crippen LogP contribution in [0, 0.1) is 0 Å². The molecular formula is C17H19Cl2N3O2. The molecule has 24 heavy (non-hydrogen) atoms. The summed E-state index contributed by atoms with van der Waals surface area (Å²) in [6.45, 7) is 2.49. The first-order valence-electron chi connectivity index (χ1n) is 7.93. The van der Waals surface area contributed by atoms with Gasteiger partial charge in [0.2, 0.25) is 5.91 Å². The van der Waals surface area contributed by atoms with Crippen molar-refractivity contribution in [3.63, 3.8) is 0 Å². The van der Waals surface area contributed by atoms with E-state index in [9.17, 15) is 4.79 Å². The minimum atomic E-state index is -0.161. The Morgan fingerprint density at radius 2 is 2.21 bits per heavy atom. The van der Waals surface area contributed by atoms with E-state index in [0.29, 0.717) is 36.2 Å². The first-order valence-corrected chi connectivity index (χ1v) is 8.69. The van der Waals surface area contributed by atoms with Crippen LogP contribution in [0.4, 0.5) is 0 Å². The van der Waals surface area contributed by atoms with E-state index >= 15 is 0 Å². The average molecular weight is 368 g/mol. The minimum absolute atomic E-state index is 0.156. The summed E-state index contributed by atoms with van der Waals surface area (Å²) >= 11 is 12.0. The zero-order valence-corrected chi connectivity index (χ0v) is 14.7. The van der Waals surface area contributed by atoms with E-state index < -0.39 is 0 Å². The van der Waals surface area contributed by atoms with E-state index in [4.69, 9.17) is 27.9 Å². The van der Waals surface area contributed by atoms with Crippen LogP contribution in [0.25, 0.3) is 0 Å². The van der Waals surface area contributed by atoms with Gasteiger partial charge in [0.15, 0.2) is 0 Å². The van der Waals surface area contributed by atoms with Gasteiger partial charge < -0.3 is 14.2 Å². The van der Waals surface area contributed by atoms with Gasteiger partial charge >= 0.3 is 0 Å². The van der Waals surface area contributed by atoms with Gasteiger partial charge in [0.05, 0.1) is 29.5 Å². The summed E-state index contributed by atoms with van der Waals surface area (Å²) in [5.74, 6) is 0.156. The van der Waals surface area contributed by atoms with Gasteiger partial charge in [0, 0.05) is 31.9 Å². The topological polar surface area (TPSA) is 47.4 Å². The van der Waals surface area contributed by atoms with E-state index in [1.165, 1.54) is 0 Å². The number of nitrogens with zero attached hydrogens (tertiary/aromatic N) is 3. The SMILES string of the molecule is O=C(CCCn1ccnc1)N1CCO[C@H](c2ccc(Cl)c(Cl)c2)C1. The smallest absolute Gasteiger partial charge is 0.222 e. The summed E-state index contributed by atoms with van der Waals surface area (Å²) in [6.07, 6.45) is 6.56. The Kier molecular flexibility index (Phi) is 5.76. The van der Waals surface area contributed by atoms with Crippen molar-refractivity contribution >= 4 is 29.1 Å². The van der Waals surface area contributed by atoms with Gasteiger partial charge in [-0.2, -0.15) is 0 Å². The number of benzene rings is 1. The highest BCUT2D eigenvalue weighted by Gasteiger charge is 2.25. The van der Waals surface area contributed by atoms with Crippen LogP contribution in [-0.2, 0) is 16.1 Å². The molecule has 2 heterocycles. The predicted octanol–water partition coefficient (Wildman–Crippen LogP) is 3.57. The fourth-order valence-corrected chi connectivity index (χ4v) is 3.09. The molecule has 5 nitrogen and oxygen atoms in total. The van der Waals surface area contributed by atoms with E-state index in [0.717, 1.165) is 18.5 Å². The molecule has 1 saturated heterocycles. The molecule has 0 saturated carbocycles. The van der Waals surface area contributed by atoms with Gasteiger partial charge in [0.1, 0.15) is 6.10 Å². The molecule has 7 heteroatoms. The predicted molar refractivity (Wildman–Crippen MR) is 93.2 cm³/mol. The Hall–Kier alpha value is -1.56. The normalized spacial score (nSPS) is 17.9. The third-order valence-electron chi connectivity index (χ3n) is 4.10. The summed E-state index contributed by atoms with van der Waals surface area (Å²) in [4.78, 5) is 18.3.